The van der Waals surface area contributed by atoms with Crippen LogP contribution in [-0.2, 0) is 29.1 Å². The fourth-order valence-electron chi connectivity index (χ4n) is 3.69. The van der Waals surface area contributed by atoms with Gasteiger partial charge in [0.1, 0.15) is 5.82 Å². The van der Waals surface area contributed by atoms with Crippen LogP contribution in [-0.4, -0.2) is 56.8 Å². The smallest absolute Gasteiger partial charge is 0.237 e. The first-order chi connectivity index (χ1) is 12.3. The van der Waals surface area contributed by atoms with Gasteiger partial charge >= 0.3 is 0 Å². The fourth-order valence-corrected chi connectivity index (χ4v) is 3.69. The molecule has 2 amide bonds. The molecule has 26 heavy (non-hydrogen) atoms. The van der Waals surface area contributed by atoms with Crippen molar-refractivity contribution >= 4 is 11.8 Å². The Labute approximate surface area is 155 Å². The Kier molecular flexibility index (Phi) is 5.55. The third-order valence-corrected chi connectivity index (χ3v) is 5.05. The second kappa shape index (κ2) is 7.70. The minimum Gasteiger partial charge on any atom is -0.353 e. The zero-order valence-electron chi connectivity index (χ0n) is 16.2. The van der Waals surface area contributed by atoms with Gasteiger partial charge in [0.05, 0.1) is 24.7 Å². The lowest BCUT2D eigenvalue weighted by atomic mass is 10.1. The van der Waals surface area contributed by atoms with Crippen molar-refractivity contribution in [1.29, 1.82) is 0 Å². The molecule has 1 aromatic rings. The summed E-state index contributed by atoms with van der Waals surface area (Å²) in [5.74, 6) is 1.29. The number of nitrogens with one attached hydrogen (secondary N) is 1. The largest absolute Gasteiger partial charge is 0.353 e. The molecule has 3 heterocycles. The van der Waals surface area contributed by atoms with Crippen LogP contribution in [0.2, 0.25) is 0 Å². The van der Waals surface area contributed by atoms with Crippen LogP contribution in [0.3, 0.4) is 0 Å². The van der Waals surface area contributed by atoms with E-state index < -0.39 is 0 Å². The van der Waals surface area contributed by atoms with Gasteiger partial charge in [0.2, 0.25) is 11.8 Å². The van der Waals surface area contributed by atoms with Crippen LogP contribution in [0.25, 0.3) is 0 Å². The Morgan fingerprint density at radius 1 is 1.31 bits per heavy atom. The van der Waals surface area contributed by atoms with E-state index in [1.165, 1.54) is 0 Å². The molecule has 0 radical (unpaired) electrons. The van der Waals surface area contributed by atoms with Crippen LogP contribution < -0.4 is 5.32 Å². The third-order valence-electron chi connectivity index (χ3n) is 5.05. The molecular weight excluding hydrogens is 330 g/mol. The van der Waals surface area contributed by atoms with Gasteiger partial charge in [0, 0.05) is 43.9 Å². The second-order valence-corrected chi connectivity index (χ2v) is 7.95. The highest BCUT2D eigenvalue weighted by Gasteiger charge is 2.35. The van der Waals surface area contributed by atoms with Crippen molar-refractivity contribution in [1.82, 2.24) is 25.1 Å². The van der Waals surface area contributed by atoms with E-state index in [0.717, 1.165) is 30.0 Å². The molecule has 3 rings (SSSR count). The van der Waals surface area contributed by atoms with Gasteiger partial charge in [-0.15, -0.1) is 0 Å². The molecule has 1 fully saturated rings. The number of carbonyl (C=O) groups is 2. The number of aromatic nitrogens is 2. The summed E-state index contributed by atoms with van der Waals surface area (Å²) in [6.45, 7) is 10.9. The van der Waals surface area contributed by atoms with Crippen molar-refractivity contribution in [3.63, 3.8) is 0 Å². The monoisotopic (exact) mass is 359 g/mol. The van der Waals surface area contributed by atoms with Gasteiger partial charge in [0.25, 0.3) is 0 Å². The van der Waals surface area contributed by atoms with Gasteiger partial charge in [0.15, 0.2) is 0 Å². The third kappa shape index (κ3) is 4.03. The first-order valence-corrected chi connectivity index (χ1v) is 9.50. The van der Waals surface area contributed by atoms with Gasteiger partial charge in [-0.25, -0.2) is 9.97 Å². The molecule has 0 saturated carbocycles. The number of hydrogen-bond acceptors (Lipinski definition) is 5. The molecule has 1 N–H and O–H groups in total. The topological polar surface area (TPSA) is 78.4 Å². The standard InChI is InChI=1S/C19H29N5O2/c1-12(2)7-17-21-9-14-10-23(11-15(14)22-17)18(25)8-16-19(26)20-5-6-24(16)13(3)4/h9,12-13,16H,5-8,10-11H2,1-4H3,(H,20,26). The number of amides is 2. The maximum atomic E-state index is 12.8. The Morgan fingerprint density at radius 3 is 2.77 bits per heavy atom. The Balaban J connectivity index is 1.66. The summed E-state index contributed by atoms with van der Waals surface area (Å²) < 4.78 is 0. The lowest BCUT2D eigenvalue weighted by molar-refractivity contribution is -0.140. The van der Waals surface area contributed by atoms with E-state index in [1.54, 1.807) is 4.90 Å². The van der Waals surface area contributed by atoms with Gasteiger partial charge in [-0.05, 0) is 19.8 Å². The zero-order valence-corrected chi connectivity index (χ0v) is 16.2. The summed E-state index contributed by atoms with van der Waals surface area (Å²) in [6, 6.07) is -0.151. The minimum absolute atomic E-state index is 0.00103. The van der Waals surface area contributed by atoms with Crippen LogP contribution in [0.1, 0.15) is 51.2 Å². The average Bonchev–Trinajstić information content (AvgIpc) is 2.99. The molecule has 2 aliphatic rings. The molecule has 1 saturated heterocycles. The van der Waals surface area contributed by atoms with E-state index in [4.69, 9.17) is 0 Å². The molecule has 0 aromatic carbocycles. The summed E-state index contributed by atoms with van der Waals surface area (Å²) in [5, 5.41) is 2.88. The summed E-state index contributed by atoms with van der Waals surface area (Å²) in [7, 11) is 0. The summed E-state index contributed by atoms with van der Waals surface area (Å²) >= 11 is 0. The van der Waals surface area contributed by atoms with Crippen LogP contribution in [0.4, 0.5) is 0 Å². The molecule has 1 unspecified atom stereocenters. The first kappa shape index (κ1) is 18.8. The maximum absolute atomic E-state index is 12.8. The van der Waals surface area contributed by atoms with Gasteiger partial charge < -0.3 is 10.2 Å². The van der Waals surface area contributed by atoms with Crippen LogP contribution >= 0.6 is 0 Å². The fraction of sp³-hybridized carbons (Fsp3) is 0.684. The maximum Gasteiger partial charge on any atom is 0.237 e. The predicted octanol–water partition coefficient (Wildman–Crippen LogP) is 1.12. The lowest BCUT2D eigenvalue weighted by Gasteiger charge is -2.38. The van der Waals surface area contributed by atoms with Crippen LogP contribution in [0, 0.1) is 5.92 Å². The molecular formula is C19H29N5O2. The van der Waals surface area contributed by atoms with Crippen molar-refractivity contribution in [3.05, 3.63) is 23.3 Å². The summed E-state index contributed by atoms with van der Waals surface area (Å²) in [4.78, 5) is 38.1. The first-order valence-electron chi connectivity index (χ1n) is 9.50. The van der Waals surface area contributed by atoms with Crippen molar-refractivity contribution in [2.75, 3.05) is 13.1 Å². The van der Waals surface area contributed by atoms with Crippen LogP contribution in [0.5, 0.6) is 0 Å². The number of fused-ring (bicyclic) bond motifs is 1. The zero-order chi connectivity index (χ0) is 18.8. The number of piperazine rings is 1. The highest BCUT2D eigenvalue weighted by Crippen LogP contribution is 2.23. The highest BCUT2D eigenvalue weighted by atomic mass is 16.2. The van der Waals surface area contributed by atoms with Crippen molar-refractivity contribution in [2.24, 2.45) is 5.92 Å². The summed E-state index contributed by atoms with van der Waals surface area (Å²) in [5.41, 5.74) is 1.96. The molecule has 1 aromatic heterocycles. The van der Waals surface area contributed by atoms with Crippen molar-refractivity contribution in [3.8, 4) is 0 Å². The second-order valence-electron chi connectivity index (χ2n) is 7.95. The minimum atomic E-state index is -0.387. The van der Waals surface area contributed by atoms with E-state index in [-0.39, 0.29) is 30.3 Å². The molecule has 7 nitrogen and oxygen atoms in total. The van der Waals surface area contributed by atoms with E-state index in [2.05, 4.69) is 47.9 Å². The van der Waals surface area contributed by atoms with E-state index >= 15 is 0 Å². The Bertz CT molecular complexity index is 689. The highest BCUT2D eigenvalue weighted by molar-refractivity contribution is 5.89. The Morgan fingerprint density at radius 2 is 2.08 bits per heavy atom. The molecule has 0 bridgehead atoms. The van der Waals surface area contributed by atoms with Crippen molar-refractivity contribution < 1.29 is 9.59 Å². The number of carbonyl (C=O) groups excluding carboxylic acids is 2. The number of hydrogen-bond donors (Lipinski definition) is 1. The average molecular weight is 359 g/mol. The molecule has 0 aliphatic carbocycles. The molecule has 0 spiro atoms. The SMILES string of the molecule is CC(C)Cc1ncc2c(n1)CN(C(=O)CC1C(=O)NCCN1C(C)C)C2. The predicted molar refractivity (Wildman–Crippen MR) is 98.1 cm³/mol. The van der Waals surface area contributed by atoms with Gasteiger partial charge in [-0.1, -0.05) is 13.8 Å². The molecule has 7 heteroatoms. The number of rotatable bonds is 5. The molecule has 2 aliphatic heterocycles. The summed E-state index contributed by atoms with van der Waals surface area (Å²) in [6.07, 6.45) is 2.90. The number of nitrogens with zero attached hydrogens (tertiary/aromatic N) is 4. The van der Waals surface area contributed by atoms with E-state index in [0.29, 0.717) is 25.6 Å². The lowest BCUT2D eigenvalue weighted by Crippen LogP contribution is -2.58. The van der Waals surface area contributed by atoms with Crippen LogP contribution in [0.15, 0.2) is 6.20 Å². The van der Waals surface area contributed by atoms with E-state index in [1.807, 2.05) is 6.20 Å². The normalized spacial score (nSPS) is 20.6. The molecule has 142 valence electrons. The van der Waals surface area contributed by atoms with Gasteiger partial charge in [-0.3, -0.25) is 14.5 Å². The Hall–Kier alpha value is -2.02. The van der Waals surface area contributed by atoms with Gasteiger partial charge in [-0.2, -0.15) is 0 Å². The molecule has 1 atom stereocenters. The quantitative estimate of drug-likeness (QED) is 0.852. The van der Waals surface area contributed by atoms with E-state index in [9.17, 15) is 9.59 Å². The van der Waals surface area contributed by atoms with Crippen molar-refractivity contribution in [2.45, 2.75) is 65.7 Å².